The topological polar surface area (TPSA) is 12.0 Å². The lowest BCUT2D eigenvalue weighted by Gasteiger charge is -2.22. The van der Waals surface area contributed by atoms with Gasteiger partial charge in [-0.3, -0.25) is 0 Å². The molecule has 1 aromatic carbocycles. The minimum atomic E-state index is -0.140. The lowest BCUT2D eigenvalue weighted by atomic mass is 9.93. The predicted molar refractivity (Wildman–Crippen MR) is 79.2 cm³/mol. The number of nitrogens with one attached hydrogen (secondary N) is 1. The Morgan fingerprint density at radius 3 is 2.79 bits per heavy atom. The Kier molecular flexibility index (Phi) is 5.65. The average molecular weight is 284 g/mol. The summed E-state index contributed by atoms with van der Waals surface area (Å²) < 4.78 is 13.8. The van der Waals surface area contributed by atoms with Crippen molar-refractivity contribution in [3.63, 3.8) is 0 Å². The molecule has 1 aliphatic carbocycles. The Morgan fingerprint density at radius 2 is 2.11 bits per heavy atom. The van der Waals surface area contributed by atoms with Crippen molar-refractivity contribution in [2.75, 3.05) is 6.54 Å². The maximum Gasteiger partial charge on any atom is 0.126 e. The molecule has 1 nitrogen and oxygen atoms in total. The van der Waals surface area contributed by atoms with Gasteiger partial charge in [0.05, 0.1) is 0 Å². The molecule has 0 aliphatic heterocycles. The number of halogens is 2. The molecule has 1 atom stereocenters. The number of rotatable bonds is 6. The Hall–Kier alpha value is -0.600. The summed E-state index contributed by atoms with van der Waals surface area (Å²) in [5.41, 5.74) is 0.733. The summed E-state index contributed by atoms with van der Waals surface area (Å²) in [6.45, 7) is 3.04. The molecule has 0 saturated heterocycles. The van der Waals surface area contributed by atoms with Gasteiger partial charge < -0.3 is 5.32 Å². The van der Waals surface area contributed by atoms with Crippen molar-refractivity contribution in [1.29, 1.82) is 0 Å². The van der Waals surface area contributed by atoms with Gasteiger partial charge in [0.25, 0.3) is 0 Å². The predicted octanol–water partition coefficient (Wildman–Crippen LogP) is 4.58. The van der Waals surface area contributed by atoms with Gasteiger partial charge >= 0.3 is 0 Å². The van der Waals surface area contributed by atoms with Gasteiger partial charge in [0.15, 0.2) is 0 Å². The fourth-order valence-corrected chi connectivity index (χ4v) is 3.34. The van der Waals surface area contributed by atoms with Crippen molar-refractivity contribution in [1.82, 2.24) is 5.32 Å². The van der Waals surface area contributed by atoms with Crippen LogP contribution in [0.5, 0.6) is 0 Å². The van der Waals surface area contributed by atoms with E-state index in [-0.39, 0.29) is 5.82 Å². The van der Waals surface area contributed by atoms with Crippen molar-refractivity contribution < 1.29 is 4.39 Å². The molecule has 2 rings (SSSR count). The van der Waals surface area contributed by atoms with E-state index in [0.717, 1.165) is 30.9 Å². The molecular formula is C16H23ClFN. The molecule has 1 aliphatic rings. The van der Waals surface area contributed by atoms with Crippen LogP contribution in [-0.4, -0.2) is 12.6 Å². The van der Waals surface area contributed by atoms with Crippen LogP contribution in [0.1, 0.15) is 44.6 Å². The first-order chi connectivity index (χ1) is 9.19. The molecule has 1 N–H and O–H groups in total. The van der Waals surface area contributed by atoms with E-state index in [1.807, 2.05) is 0 Å². The Labute approximate surface area is 120 Å². The van der Waals surface area contributed by atoms with Crippen LogP contribution in [0.3, 0.4) is 0 Å². The molecule has 106 valence electrons. The zero-order valence-corrected chi connectivity index (χ0v) is 12.3. The number of benzene rings is 1. The molecule has 0 amide bonds. The fourth-order valence-electron chi connectivity index (χ4n) is 3.14. The smallest absolute Gasteiger partial charge is 0.126 e. The standard InChI is InChI=1S/C16H23ClFN/c1-2-19-15(9-12-5-3-4-6-12)11-13-10-14(17)7-8-16(13)18/h7-8,10,12,15,19H,2-6,9,11H2,1H3. The van der Waals surface area contributed by atoms with Gasteiger partial charge in [-0.15, -0.1) is 0 Å². The van der Waals surface area contributed by atoms with E-state index in [2.05, 4.69) is 12.2 Å². The molecule has 19 heavy (non-hydrogen) atoms. The molecule has 1 aromatic rings. The van der Waals surface area contributed by atoms with Gasteiger partial charge in [-0.05, 0) is 49.1 Å². The van der Waals surface area contributed by atoms with Gasteiger partial charge in [-0.1, -0.05) is 44.2 Å². The summed E-state index contributed by atoms with van der Waals surface area (Å²) in [4.78, 5) is 0. The van der Waals surface area contributed by atoms with Crippen LogP contribution in [0.25, 0.3) is 0 Å². The number of likely N-dealkylation sites (N-methyl/N-ethyl adjacent to an activating group) is 1. The monoisotopic (exact) mass is 283 g/mol. The zero-order valence-electron chi connectivity index (χ0n) is 11.6. The molecule has 0 heterocycles. The van der Waals surface area contributed by atoms with Crippen LogP contribution in [0.15, 0.2) is 18.2 Å². The largest absolute Gasteiger partial charge is 0.314 e. The fraction of sp³-hybridized carbons (Fsp3) is 0.625. The van der Waals surface area contributed by atoms with Crippen molar-refractivity contribution in [2.45, 2.75) is 51.5 Å². The highest BCUT2D eigenvalue weighted by Crippen LogP contribution is 2.29. The first-order valence-corrected chi connectivity index (χ1v) is 7.74. The molecule has 0 bridgehead atoms. The molecule has 1 unspecified atom stereocenters. The number of hydrogen-bond acceptors (Lipinski definition) is 1. The summed E-state index contributed by atoms with van der Waals surface area (Å²) in [6.07, 6.45) is 7.26. The van der Waals surface area contributed by atoms with Crippen molar-refractivity contribution in [3.8, 4) is 0 Å². The Bertz CT molecular complexity index is 402. The first-order valence-electron chi connectivity index (χ1n) is 7.36. The summed E-state index contributed by atoms with van der Waals surface area (Å²) in [7, 11) is 0. The zero-order chi connectivity index (χ0) is 13.7. The second-order valence-electron chi connectivity index (χ2n) is 5.58. The molecular weight excluding hydrogens is 261 g/mol. The highest BCUT2D eigenvalue weighted by atomic mass is 35.5. The average Bonchev–Trinajstić information content (AvgIpc) is 2.87. The highest BCUT2D eigenvalue weighted by Gasteiger charge is 2.20. The molecule has 0 spiro atoms. The third kappa shape index (κ3) is 4.47. The SMILES string of the molecule is CCNC(Cc1cc(Cl)ccc1F)CC1CCCC1. The van der Waals surface area contributed by atoms with E-state index in [0.29, 0.717) is 11.1 Å². The van der Waals surface area contributed by atoms with Gasteiger partial charge in [0, 0.05) is 11.1 Å². The maximum absolute atomic E-state index is 13.8. The lowest BCUT2D eigenvalue weighted by molar-refractivity contribution is 0.387. The molecule has 0 radical (unpaired) electrons. The second kappa shape index (κ2) is 7.25. The van der Waals surface area contributed by atoms with E-state index < -0.39 is 0 Å². The van der Waals surface area contributed by atoms with Crippen LogP contribution in [0.2, 0.25) is 5.02 Å². The normalized spacial score (nSPS) is 17.8. The second-order valence-corrected chi connectivity index (χ2v) is 6.02. The quantitative estimate of drug-likeness (QED) is 0.806. The van der Waals surface area contributed by atoms with Crippen molar-refractivity contribution >= 4 is 11.6 Å². The van der Waals surface area contributed by atoms with E-state index in [1.54, 1.807) is 12.1 Å². The van der Waals surface area contributed by atoms with Gasteiger partial charge in [-0.2, -0.15) is 0 Å². The first kappa shape index (κ1) is 14.8. The van der Waals surface area contributed by atoms with E-state index >= 15 is 0 Å². The van der Waals surface area contributed by atoms with Crippen molar-refractivity contribution in [2.24, 2.45) is 5.92 Å². The summed E-state index contributed by atoms with van der Waals surface area (Å²) in [5.74, 6) is 0.671. The van der Waals surface area contributed by atoms with Gasteiger partial charge in [0.2, 0.25) is 0 Å². The van der Waals surface area contributed by atoms with Gasteiger partial charge in [0.1, 0.15) is 5.82 Å². The molecule has 1 fully saturated rings. The van der Waals surface area contributed by atoms with E-state index in [1.165, 1.54) is 31.7 Å². The highest BCUT2D eigenvalue weighted by molar-refractivity contribution is 6.30. The van der Waals surface area contributed by atoms with Crippen molar-refractivity contribution in [3.05, 3.63) is 34.6 Å². The number of hydrogen-bond donors (Lipinski definition) is 1. The molecule has 3 heteroatoms. The van der Waals surface area contributed by atoms with Crippen LogP contribution in [0.4, 0.5) is 4.39 Å². The maximum atomic E-state index is 13.8. The summed E-state index contributed by atoms with van der Waals surface area (Å²) in [5, 5.41) is 4.11. The Morgan fingerprint density at radius 1 is 1.37 bits per heavy atom. The third-order valence-electron chi connectivity index (χ3n) is 4.06. The minimum absolute atomic E-state index is 0.140. The van der Waals surface area contributed by atoms with Gasteiger partial charge in [-0.25, -0.2) is 4.39 Å². The molecule has 1 saturated carbocycles. The lowest BCUT2D eigenvalue weighted by Crippen LogP contribution is -2.33. The third-order valence-corrected chi connectivity index (χ3v) is 4.29. The van der Waals surface area contributed by atoms with Crippen LogP contribution >= 0.6 is 11.6 Å². The minimum Gasteiger partial charge on any atom is -0.314 e. The Balaban J connectivity index is 2.00. The van der Waals surface area contributed by atoms with Crippen LogP contribution < -0.4 is 5.32 Å². The van der Waals surface area contributed by atoms with Crippen LogP contribution in [-0.2, 0) is 6.42 Å². The summed E-state index contributed by atoms with van der Waals surface area (Å²) >= 11 is 5.96. The molecule has 0 aromatic heterocycles. The van der Waals surface area contributed by atoms with E-state index in [9.17, 15) is 4.39 Å². The summed E-state index contributed by atoms with van der Waals surface area (Å²) in [6, 6.07) is 5.20. The van der Waals surface area contributed by atoms with E-state index in [4.69, 9.17) is 11.6 Å². The van der Waals surface area contributed by atoms with Crippen LogP contribution in [0, 0.1) is 11.7 Å².